The second-order valence-corrected chi connectivity index (χ2v) is 11.3. The van der Waals surface area contributed by atoms with Crippen LogP contribution in [-0.4, -0.2) is 49.7 Å². The number of hydrogen-bond donors (Lipinski definition) is 0. The van der Waals surface area contributed by atoms with Gasteiger partial charge in [-0.15, -0.1) is 0 Å². The SMILES string of the molecule is COc1cc(CC(C)C)ccc1COc1ccc2c(c1)CCC(CN1CCN(c3ncccc3C#N)CC1)=C2C. The lowest BCUT2D eigenvalue weighted by Gasteiger charge is -2.37. The first-order valence-electron chi connectivity index (χ1n) is 14.4. The van der Waals surface area contributed by atoms with Gasteiger partial charge in [0.2, 0.25) is 0 Å². The van der Waals surface area contributed by atoms with E-state index in [9.17, 15) is 5.26 Å². The summed E-state index contributed by atoms with van der Waals surface area (Å²) >= 11 is 0. The zero-order valence-electron chi connectivity index (χ0n) is 24.2. The zero-order valence-corrected chi connectivity index (χ0v) is 24.2. The highest BCUT2D eigenvalue weighted by atomic mass is 16.5. The Morgan fingerprint density at radius 3 is 2.60 bits per heavy atom. The average Bonchev–Trinajstić information content (AvgIpc) is 2.98. The first-order valence-corrected chi connectivity index (χ1v) is 14.4. The fourth-order valence-corrected chi connectivity index (χ4v) is 5.89. The molecule has 3 aromatic rings. The van der Waals surface area contributed by atoms with Crippen LogP contribution in [-0.2, 0) is 19.4 Å². The summed E-state index contributed by atoms with van der Waals surface area (Å²) in [5, 5.41) is 9.43. The minimum Gasteiger partial charge on any atom is -0.496 e. The van der Waals surface area contributed by atoms with Crippen LogP contribution in [0.4, 0.5) is 5.82 Å². The molecule has 0 N–H and O–H groups in total. The Morgan fingerprint density at radius 2 is 1.85 bits per heavy atom. The molecule has 0 amide bonds. The number of anilines is 1. The Bertz CT molecular complexity index is 1410. The number of ether oxygens (including phenoxy) is 2. The summed E-state index contributed by atoms with van der Waals surface area (Å²) in [6.07, 6.45) is 4.93. The summed E-state index contributed by atoms with van der Waals surface area (Å²) in [5.41, 5.74) is 8.65. The molecule has 1 aromatic heterocycles. The Morgan fingerprint density at radius 1 is 1.02 bits per heavy atom. The van der Waals surface area contributed by atoms with E-state index < -0.39 is 0 Å². The van der Waals surface area contributed by atoms with E-state index in [1.165, 1.54) is 27.8 Å². The molecule has 2 aromatic carbocycles. The van der Waals surface area contributed by atoms with Gasteiger partial charge >= 0.3 is 0 Å². The Balaban J connectivity index is 1.20. The summed E-state index contributed by atoms with van der Waals surface area (Å²) in [6, 6.07) is 19.0. The molecular formula is C34H40N4O2. The molecule has 0 saturated carbocycles. The third-order valence-corrected chi connectivity index (χ3v) is 8.09. The van der Waals surface area contributed by atoms with E-state index in [1.54, 1.807) is 13.3 Å². The third-order valence-electron chi connectivity index (χ3n) is 8.09. The number of nitrogens with zero attached hydrogens (tertiary/aromatic N) is 4. The quantitative estimate of drug-likeness (QED) is 0.321. The highest BCUT2D eigenvalue weighted by molar-refractivity contribution is 5.72. The molecule has 1 aliphatic heterocycles. The molecule has 1 saturated heterocycles. The Labute approximate surface area is 238 Å². The molecule has 208 valence electrons. The van der Waals surface area contributed by atoms with Crippen LogP contribution in [0.3, 0.4) is 0 Å². The third kappa shape index (κ3) is 6.32. The van der Waals surface area contributed by atoms with Crippen LogP contribution in [0.5, 0.6) is 11.5 Å². The van der Waals surface area contributed by atoms with Gasteiger partial charge in [-0.05, 0) is 84.7 Å². The van der Waals surface area contributed by atoms with Gasteiger partial charge in [-0.2, -0.15) is 5.26 Å². The molecule has 0 radical (unpaired) electrons. The maximum Gasteiger partial charge on any atom is 0.146 e. The summed E-state index contributed by atoms with van der Waals surface area (Å²) in [5.74, 6) is 3.23. The van der Waals surface area contributed by atoms with Crippen molar-refractivity contribution in [3.8, 4) is 17.6 Å². The maximum atomic E-state index is 9.43. The van der Waals surface area contributed by atoms with Gasteiger partial charge in [0.25, 0.3) is 0 Å². The van der Waals surface area contributed by atoms with Gasteiger partial charge < -0.3 is 14.4 Å². The Kier molecular flexibility index (Phi) is 8.72. The molecule has 6 heteroatoms. The molecule has 0 spiro atoms. The molecule has 0 unspecified atom stereocenters. The highest BCUT2D eigenvalue weighted by Gasteiger charge is 2.23. The molecule has 2 heterocycles. The van der Waals surface area contributed by atoms with Gasteiger partial charge in [0, 0.05) is 44.5 Å². The number of piperazine rings is 1. The lowest BCUT2D eigenvalue weighted by molar-refractivity contribution is 0.275. The topological polar surface area (TPSA) is 61.6 Å². The van der Waals surface area contributed by atoms with Crippen LogP contribution in [0.25, 0.3) is 5.57 Å². The standard InChI is InChI=1S/C34H40N4O2/c1-24(2)18-26-7-8-30(33(19-26)39-4)23-40-31-11-12-32-25(3)29(10-9-27(32)20-31)22-37-14-16-38(17-15-37)34-28(21-35)6-5-13-36-34/h5-8,11-13,19-20,24H,9-10,14-18,22-23H2,1-4H3. The number of allylic oxidation sites excluding steroid dienone is 1. The number of rotatable bonds is 9. The second kappa shape index (κ2) is 12.6. The molecule has 6 nitrogen and oxygen atoms in total. The minimum atomic E-state index is 0.490. The van der Waals surface area contributed by atoms with Crippen LogP contribution >= 0.6 is 0 Å². The summed E-state index contributed by atoms with van der Waals surface area (Å²) in [7, 11) is 1.73. The number of fused-ring (bicyclic) bond motifs is 1. The summed E-state index contributed by atoms with van der Waals surface area (Å²) in [4.78, 5) is 9.24. The van der Waals surface area contributed by atoms with Crippen molar-refractivity contribution in [1.82, 2.24) is 9.88 Å². The Hall–Kier alpha value is -3.82. The van der Waals surface area contributed by atoms with Crippen molar-refractivity contribution in [2.45, 2.75) is 46.6 Å². The monoisotopic (exact) mass is 536 g/mol. The fourth-order valence-electron chi connectivity index (χ4n) is 5.89. The van der Waals surface area contributed by atoms with Gasteiger partial charge in [0.15, 0.2) is 0 Å². The largest absolute Gasteiger partial charge is 0.496 e. The van der Waals surface area contributed by atoms with E-state index in [4.69, 9.17) is 9.47 Å². The normalized spacial score (nSPS) is 15.7. The smallest absolute Gasteiger partial charge is 0.146 e. The van der Waals surface area contributed by atoms with Gasteiger partial charge in [-0.3, -0.25) is 4.90 Å². The van der Waals surface area contributed by atoms with Crippen LogP contribution in [0.1, 0.15) is 55.0 Å². The second-order valence-electron chi connectivity index (χ2n) is 11.3. The number of benzene rings is 2. The minimum absolute atomic E-state index is 0.490. The van der Waals surface area contributed by atoms with E-state index in [1.807, 2.05) is 12.1 Å². The van der Waals surface area contributed by atoms with Crippen molar-refractivity contribution >= 4 is 11.4 Å². The summed E-state index contributed by atoms with van der Waals surface area (Å²) < 4.78 is 11.9. The molecule has 5 rings (SSSR count). The van der Waals surface area contributed by atoms with Crippen molar-refractivity contribution in [1.29, 1.82) is 5.26 Å². The van der Waals surface area contributed by atoms with Crippen molar-refractivity contribution < 1.29 is 9.47 Å². The van der Waals surface area contributed by atoms with E-state index in [0.29, 0.717) is 18.1 Å². The van der Waals surface area contributed by atoms with Gasteiger partial charge in [0.1, 0.15) is 30.0 Å². The molecule has 0 bridgehead atoms. The average molecular weight is 537 g/mol. The summed E-state index contributed by atoms with van der Waals surface area (Å²) in [6.45, 7) is 11.9. The number of nitriles is 1. The van der Waals surface area contributed by atoms with Crippen molar-refractivity contribution in [3.05, 3.63) is 88.1 Å². The van der Waals surface area contributed by atoms with E-state index in [2.05, 4.69) is 78.0 Å². The lowest BCUT2D eigenvalue weighted by Crippen LogP contribution is -2.47. The zero-order chi connectivity index (χ0) is 28.1. The van der Waals surface area contributed by atoms with Crippen LogP contribution in [0, 0.1) is 17.2 Å². The van der Waals surface area contributed by atoms with Crippen LogP contribution < -0.4 is 14.4 Å². The van der Waals surface area contributed by atoms with E-state index in [-0.39, 0.29) is 0 Å². The van der Waals surface area contributed by atoms with Crippen molar-refractivity contribution in [2.75, 3.05) is 44.7 Å². The number of aromatic nitrogens is 1. The number of hydrogen-bond acceptors (Lipinski definition) is 6. The first-order chi connectivity index (χ1) is 19.4. The maximum absolute atomic E-state index is 9.43. The first kappa shape index (κ1) is 27.7. The predicted molar refractivity (Wildman–Crippen MR) is 161 cm³/mol. The lowest BCUT2D eigenvalue weighted by atomic mass is 9.86. The van der Waals surface area contributed by atoms with Crippen molar-refractivity contribution in [3.63, 3.8) is 0 Å². The number of aryl methyl sites for hydroxylation is 1. The van der Waals surface area contributed by atoms with Gasteiger partial charge in [0.05, 0.1) is 12.7 Å². The van der Waals surface area contributed by atoms with Gasteiger partial charge in [-0.1, -0.05) is 37.6 Å². The molecular weight excluding hydrogens is 496 g/mol. The molecule has 1 aliphatic carbocycles. The molecule has 1 fully saturated rings. The van der Waals surface area contributed by atoms with E-state index >= 15 is 0 Å². The molecule has 0 atom stereocenters. The van der Waals surface area contributed by atoms with Crippen molar-refractivity contribution in [2.24, 2.45) is 5.92 Å². The van der Waals surface area contributed by atoms with Crippen LogP contribution in [0.2, 0.25) is 0 Å². The fraction of sp³-hybridized carbons (Fsp3) is 0.412. The molecule has 2 aliphatic rings. The predicted octanol–water partition coefficient (Wildman–Crippen LogP) is 6.28. The van der Waals surface area contributed by atoms with Crippen LogP contribution in [0.15, 0.2) is 60.3 Å². The van der Waals surface area contributed by atoms with Gasteiger partial charge in [-0.25, -0.2) is 4.98 Å². The molecule has 40 heavy (non-hydrogen) atoms. The number of pyridine rings is 1. The number of methoxy groups -OCH3 is 1. The highest BCUT2D eigenvalue weighted by Crippen LogP contribution is 2.34. The van der Waals surface area contributed by atoms with E-state index in [0.717, 1.165) is 74.9 Å².